The largest absolute Gasteiger partial charge is 0.454 e. The molecular formula is C10H11N5O2S. The van der Waals surface area contributed by atoms with Gasteiger partial charge in [0.25, 0.3) is 17.0 Å². The van der Waals surface area contributed by atoms with Crippen LogP contribution in [0.4, 0.5) is 5.95 Å². The van der Waals surface area contributed by atoms with Gasteiger partial charge in [0.1, 0.15) is 0 Å². The summed E-state index contributed by atoms with van der Waals surface area (Å²) in [5.74, 6) is 0.0627. The van der Waals surface area contributed by atoms with E-state index in [9.17, 15) is 4.79 Å². The van der Waals surface area contributed by atoms with Gasteiger partial charge in [0.2, 0.25) is 0 Å². The number of aromatic nitrogens is 4. The zero-order chi connectivity index (χ0) is 13.1. The Morgan fingerprint density at radius 1 is 1.44 bits per heavy atom. The first-order chi connectivity index (χ1) is 8.40. The van der Waals surface area contributed by atoms with Crippen LogP contribution in [0, 0.1) is 6.92 Å². The van der Waals surface area contributed by atoms with E-state index in [0.717, 1.165) is 5.69 Å². The van der Waals surface area contributed by atoms with Gasteiger partial charge in [0, 0.05) is 11.8 Å². The third-order valence-electron chi connectivity index (χ3n) is 2.75. The second-order valence-electron chi connectivity index (χ2n) is 4.65. The van der Waals surface area contributed by atoms with Crippen LogP contribution in [-0.2, 0) is 9.53 Å². The highest BCUT2D eigenvalue weighted by Gasteiger charge is 2.47. The van der Waals surface area contributed by atoms with Gasteiger partial charge in [-0.2, -0.15) is 0 Å². The van der Waals surface area contributed by atoms with Crippen LogP contribution in [0.25, 0.3) is 5.65 Å². The topological polar surface area (TPSA) is 75.5 Å². The monoisotopic (exact) mass is 265 g/mol. The van der Waals surface area contributed by atoms with E-state index in [1.54, 1.807) is 18.4 Å². The number of nitrogens with one attached hydrogen (secondary N) is 1. The van der Waals surface area contributed by atoms with Crippen molar-refractivity contribution in [2.45, 2.75) is 26.4 Å². The number of hydrogen-bond acceptors (Lipinski definition) is 5. The molecule has 1 fully saturated rings. The van der Waals surface area contributed by atoms with Gasteiger partial charge in [0.15, 0.2) is 11.2 Å². The predicted molar refractivity (Wildman–Crippen MR) is 67.3 cm³/mol. The van der Waals surface area contributed by atoms with Gasteiger partial charge in [-0.1, -0.05) is 0 Å². The molecule has 0 atom stereocenters. The van der Waals surface area contributed by atoms with Gasteiger partial charge in [-0.3, -0.25) is 9.89 Å². The molecule has 0 spiro atoms. The van der Waals surface area contributed by atoms with Crippen LogP contribution in [0.3, 0.4) is 0 Å². The van der Waals surface area contributed by atoms with Crippen molar-refractivity contribution in [2.75, 3.05) is 4.90 Å². The van der Waals surface area contributed by atoms with Crippen molar-refractivity contribution < 1.29 is 9.53 Å². The van der Waals surface area contributed by atoms with Crippen LogP contribution >= 0.6 is 12.2 Å². The molecule has 1 aliphatic heterocycles. The first-order valence-electron chi connectivity index (χ1n) is 5.38. The van der Waals surface area contributed by atoms with Crippen LogP contribution in [-0.4, -0.2) is 36.5 Å². The minimum atomic E-state index is -0.968. The summed E-state index contributed by atoms with van der Waals surface area (Å²) in [5, 5.41) is 11.1. The molecule has 1 amide bonds. The molecule has 2 aromatic rings. The van der Waals surface area contributed by atoms with Crippen LogP contribution in [0.15, 0.2) is 6.07 Å². The van der Waals surface area contributed by atoms with Crippen molar-refractivity contribution in [3.63, 3.8) is 0 Å². The van der Waals surface area contributed by atoms with Crippen LogP contribution < -0.4 is 4.90 Å². The number of nitrogens with zero attached hydrogens (tertiary/aromatic N) is 4. The first-order valence-corrected chi connectivity index (χ1v) is 5.79. The summed E-state index contributed by atoms with van der Waals surface area (Å²) in [5.41, 5.74) is 0.576. The number of carbonyl (C=O) groups is 1. The highest BCUT2D eigenvalue weighted by Crippen LogP contribution is 2.28. The molecule has 3 heterocycles. The Kier molecular flexibility index (Phi) is 2.03. The SMILES string of the molecule is Cc1cc2nnc(N3C(=O)C(C)(C)OC3=S)n2[nH]1. The zero-order valence-electron chi connectivity index (χ0n) is 10.1. The highest BCUT2D eigenvalue weighted by atomic mass is 32.1. The van der Waals surface area contributed by atoms with Crippen LogP contribution in [0.2, 0.25) is 0 Å². The van der Waals surface area contributed by atoms with Gasteiger partial charge in [0.05, 0.1) is 0 Å². The number of hydrogen-bond donors (Lipinski definition) is 1. The maximum absolute atomic E-state index is 12.2. The molecule has 2 aromatic heterocycles. The Balaban J connectivity index is 2.15. The molecule has 3 rings (SSSR count). The van der Waals surface area contributed by atoms with Crippen molar-refractivity contribution in [2.24, 2.45) is 0 Å². The Labute approximate surface area is 108 Å². The summed E-state index contributed by atoms with van der Waals surface area (Å²) in [7, 11) is 0. The molecule has 0 bridgehead atoms. The van der Waals surface area contributed by atoms with Crippen molar-refractivity contribution >= 4 is 34.9 Å². The van der Waals surface area contributed by atoms with E-state index in [2.05, 4.69) is 15.3 Å². The molecule has 18 heavy (non-hydrogen) atoms. The smallest absolute Gasteiger partial charge is 0.280 e. The molecule has 0 aromatic carbocycles. The van der Waals surface area contributed by atoms with Crippen LogP contribution in [0.5, 0.6) is 0 Å². The highest BCUT2D eigenvalue weighted by molar-refractivity contribution is 7.80. The summed E-state index contributed by atoms with van der Waals surface area (Å²) in [6.45, 7) is 5.22. The fourth-order valence-electron chi connectivity index (χ4n) is 1.87. The second kappa shape index (κ2) is 3.29. The number of amides is 1. The lowest BCUT2D eigenvalue weighted by atomic mass is 10.1. The van der Waals surface area contributed by atoms with Gasteiger partial charge in [-0.25, -0.2) is 9.42 Å². The number of H-pyrrole nitrogens is 1. The molecule has 1 N–H and O–H groups in total. The van der Waals surface area contributed by atoms with E-state index in [-0.39, 0.29) is 11.1 Å². The van der Waals surface area contributed by atoms with Gasteiger partial charge in [-0.05, 0) is 33.0 Å². The molecule has 0 unspecified atom stereocenters. The summed E-state index contributed by atoms with van der Waals surface area (Å²) in [4.78, 5) is 13.5. The van der Waals surface area contributed by atoms with E-state index >= 15 is 0 Å². The third-order valence-corrected chi connectivity index (χ3v) is 3.01. The number of ether oxygens (including phenoxy) is 1. The molecule has 0 saturated carbocycles. The van der Waals surface area contributed by atoms with Crippen molar-refractivity contribution in [3.05, 3.63) is 11.8 Å². The van der Waals surface area contributed by atoms with Crippen LogP contribution in [0.1, 0.15) is 19.5 Å². The molecule has 7 nitrogen and oxygen atoms in total. The normalized spacial score (nSPS) is 18.7. The number of carbonyl (C=O) groups excluding carboxylic acids is 1. The van der Waals surface area contributed by atoms with E-state index in [4.69, 9.17) is 17.0 Å². The second-order valence-corrected chi connectivity index (χ2v) is 5.00. The summed E-state index contributed by atoms with van der Waals surface area (Å²) < 4.78 is 6.97. The Morgan fingerprint density at radius 2 is 2.17 bits per heavy atom. The molecule has 0 aliphatic carbocycles. The first kappa shape index (κ1) is 11.1. The summed E-state index contributed by atoms with van der Waals surface area (Å²) in [6, 6.07) is 1.83. The summed E-state index contributed by atoms with van der Waals surface area (Å²) >= 11 is 5.07. The zero-order valence-corrected chi connectivity index (χ0v) is 10.9. The molecule has 1 aliphatic rings. The maximum atomic E-state index is 12.2. The number of rotatable bonds is 1. The fraction of sp³-hybridized carbons (Fsp3) is 0.400. The van der Waals surface area contributed by atoms with Gasteiger partial charge >= 0.3 is 0 Å². The van der Waals surface area contributed by atoms with Gasteiger partial charge in [-0.15, -0.1) is 10.2 Å². The van der Waals surface area contributed by atoms with E-state index in [0.29, 0.717) is 11.6 Å². The number of fused-ring (bicyclic) bond motifs is 1. The average Bonchev–Trinajstić information content (AvgIpc) is 2.82. The Hall–Kier alpha value is -1.96. The van der Waals surface area contributed by atoms with Crippen molar-refractivity contribution in [1.29, 1.82) is 0 Å². The summed E-state index contributed by atoms with van der Waals surface area (Å²) in [6.07, 6.45) is 0. The minimum absolute atomic E-state index is 0.0894. The molecule has 1 saturated heterocycles. The number of aryl methyl sites for hydroxylation is 1. The molecule has 8 heteroatoms. The number of thiocarbonyl (C=S) groups is 1. The third kappa shape index (κ3) is 1.35. The molecular weight excluding hydrogens is 254 g/mol. The van der Waals surface area contributed by atoms with E-state index in [1.165, 1.54) is 4.90 Å². The maximum Gasteiger partial charge on any atom is 0.280 e. The number of anilines is 1. The fourth-order valence-corrected chi connectivity index (χ4v) is 2.24. The van der Waals surface area contributed by atoms with E-state index < -0.39 is 5.60 Å². The molecule has 0 radical (unpaired) electrons. The Morgan fingerprint density at radius 3 is 2.78 bits per heavy atom. The predicted octanol–water partition coefficient (Wildman–Crippen LogP) is 0.793. The quantitative estimate of drug-likeness (QED) is 0.772. The Bertz CT molecular complexity index is 671. The lowest BCUT2D eigenvalue weighted by molar-refractivity contribution is -0.127. The average molecular weight is 265 g/mol. The molecule has 94 valence electrons. The van der Waals surface area contributed by atoms with Crippen molar-refractivity contribution in [1.82, 2.24) is 19.8 Å². The standard InChI is InChI=1S/C10H11N5O2S/c1-5-4-6-11-12-8(15(6)13-5)14-7(16)10(2,3)17-9(14)18/h4,13H,1-3H3. The lowest BCUT2D eigenvalue weighted by Crippen LogP contribution is -2.37. The lowest BCUT2D eigenvalue weighted by Gasteiger charge is -2.12. The number of aromatic amines is 1. The van der Waals surface area contributed by atoms with E-state index in [1.807, 2.05) is 13.0 Å². The minimum Gasteiger partial charge on any atom is -0.454 e. The van der Waals surface area contributed by atoms with Crippen molar-refractivity contribution in [3.8, 4) is 0 Å². The van der Waals surface area contributed by atoms with Gasteiger partial charge < -0.3 is 4.74 Å².